The molecular formula is C10H6N4O2. The molecule has 0 spiro atoms. The van der Waals surface area contributed by atoms with Crippen LogP contribution in [0.5, 0.6) is 0 Å². The minimum absolute atomic E-state index is 0.319. The maximum atomic E-state index is 5.40. The van der Waals surface area contributed by atoms with Gasteiger partial charge in [0.1, 0.15) is 5.69 Å². The van der Waals surface area contributed by atoms with Crippen molar-refractivity contribution in [2.45, 2.75) is 0 Å². The van der Waals surface area contributed by atoms with Gasteiger partial charge in [0.25, 0.3) is 11.8 Å². The van der Waals surface area contributed by atoms with Crippen molar-refractivity contribution in [1.82, 2.24) is 20.2 Å². The van der Waals surface area contributed by atoms with E-state index >= 15 is 0 Å². The van der Waals surface area contributed by atoms with Gasteiger partial charge in [-0.05, 0) is 12.1 Å². The number of nitrogens with zero attached hydrogens (tertiary/aromatic N) is 4. The molecule has 0 atom stereocenters. The van der Waals surface area contributed by atoms with Crippen LogP contribution in [0.2, 0.25) is 0 Å². The summed E-state index contributed by atoms with van der Waals surface area (Å²) in [6.07, 6.45) is 6.24. The fourth-order valence-electron chi connectivity index (χ4n) is 1.24. The first-order valence-corrected chi connectivity index (χ1v) is 4.57. The molecule has 0 N–H and O–H groups in total. The van der Waals surface area contributed by atoms with Gasteiger partial charge in [-0.3, -0.25) is 4.98 Å². The molecule has 0 bridgehead atoms. The standard InChI is InChI=1S/C10H6N4O2/c1-2-8(15-5-1)10-14-13-9(16-10)7-6-11-3-4-12-7/h1-6H. The number of rotatable bonds is 2. The Morgan fingerprint density at radius 2 is 2.00 bits per heavy atom. The Balaban J connectivity index is 2.00. The Bertz CT molecular complexity index is 574. The normalized spacial score (nSPS) is 10.5. The predicted molar refractivity (Wildman–Crippen MR) is 53.0 cm³/mol. The summed E-state index contributed by atoms with van der Waals surface area (Å²) in [4.78, 5) is 7.97. The highest BCUT2D eigenvalue weighted by molar-refractivity contribution is 5.49. The fourth-order valence-corrected chi connectivity index (χ4v) is 1.24. The first-order chi connectivity index (χ1) is 7.93. The molecule has 16 heavy (non-hydrogen) atoms. The van der Waals surface area contributed by atoms with Gasteiger partial charge < -0.3 is 8.83 Å². The van der Waals surface area contributed by atoms with Gasteiger partial charge in [-0.1, -0.05) is 0 Å². The van der Waals surface area contributed by atoms with Crippen molar-refractivity contribution in [3.05, 3.63) is 37.0 Å². The Labute approximate surface area is 90.0 Å². The zero-order valence-electron chi connectivity index (χ0n) is 8.07. The molecule has 3 heterocycles. The van der Waals surface area contributed by atoms with Crippen molar-refractivity contribution < 1.29 is 8.83 Å². The molecule has 6 heteroatoms. The van der Waals surface area contributed by atoms with Crippen LogP contribution in [-0.2, 0) is 0 Å². The third kappa shape index (κ3) is 1.46. The summed E-state index contributed by atoms with van der Waals surface area (Å²) >= 11 is 0. The third-order valence-corrected chi connectivity index (χ3v) is 1.94. The first-order valence-electron chi connectivity index (χ1n) is 4.57. The average molecular weight is 214 g/mol. The summed E-state index contributed by atoms with van der Waals surface area (Å²) in [5.74, 6) is 1.17. The molecule has 0 saturated heterocycles. The smallest absolute Gasteiger partial charge is 0.283 e. The fraction of sp³-hybridized carbons (Fsp3) is 0. The first kappa shape index (κ1) is 8.78. The van der Waals surface area contributed by atoms with Crippen LogP contribution in [0.4, 0.5) is 0 Å². The van der Waals surface area contributed by atoms with Crippen LogP contribution in [0, 0.1) is 0 Å². The maximum Gasteiger partial charge on any atom is 0.283 e. The van der Waals surface area contributed by atoms with E-state index < -0.39 is 0 Å². The van der Waals surface area contributed by atoms with Gasteiger partial charge in [-0.25, -0.2) is 4.98 Å². The molecule has 78 valence electrons. The van der Waals surface area contributed by atoms with Gasteiger partial charge in [-0.15, -0.1) is 10.2 Å². The number of hydrogen-bond acceptors (Lipinski definition) is 6. The Kier molecular flexibility index (Phi) is 1.96. The van der Waals surface area contributed by atoms with Gasteiger partial charge in [0.15, 0.2) is 5.76 Å². The maximum absolute atomic E-state index is 5.40. The van der Waals surface area contributed by atoms with Crippen LogP contribution in [0.1, 0.15) is 0 Å². The van der Waals surface area contributed by atoms with Gasteiger partial charge in [0, 0.05) is 12.4 Å². The minimum atomic E-state index is 0.319. The van der Waals surface area contributed by atoms with Crippen LogP contribution in [-0.4, -0.2) is 20.2 Å². The van der Waals surface area contributed by atoms with Gasteiger partial charge in [-0.2, -0.15) is 0 Å². The molecule has 3 rings (SSSR count). The van der Waals surface area contributed by atoms with Gasteiger partial charge in [0.2, 0.25) is 0 Å². The molecule has 0 saturated carbocycles. The monoisotopic (exact) mass is 214 g/mol. The molecule has 0 radical (unpaired) electrons. The Morgan fingerprint density at radius 3 is 2.75 bits per heavy atom. The lowest BCUT2D eigenvalue weighted by Gasteiger charge is -1.90. The van der Waals surface area contributed by atoms with E-state index in [9.17, 15) is 0 Å². The van der Waals surface area contributed by atoms with Crippen molar-refractivity contribution in [3.8, 4) is 23.2 Å². The summed E-state index contributed by atoms with van der Waals surface area (Å²) in [5.41, 5.74) is 0.535. The molecule has 0 aromatic carbocycles. The number of furan rings is 1. The van der Waals surface area contributed by atoms with Crippen molar-refractivity contribution in [1.29, 1.82) is 0 Å². The van der Waals surface area contributed by atoms with E-state index in [1.165, 1.54) is 0 Å². The Morgan fingerprint density at radius 1 is 1.06 bits per heavy atom. The van der Waals surface area contributed by atoms with Crippen LogP contribution in [0.3, 0.4) is 0 Å². The van der Waals surface area contributed by atoms with Crippen molar-refractivity contribution >= 4 is 0 Å². The van der Waals surface area contributed by atoms with Crippen LogP contribution in [0.25, 0.3) is 23.2 Å². The van der Waals surface area contributed by atoms with Crippen LogP contribution >= 0.6 is 0 Å². The Hall–Kier alpha value is -2.50. The SMILES string of the molecule is c1coc(-c2nnc(-c3cnccn3)o2)c1. The van der Waals surface area contributed by atoms with Gasteiger partial charge >= 0.3 is 0 Å². The van der Waals surface area contributed by atoms with Gasteiger partial charge in [0.05, 0.1) is 12.5 Å². The zero-order chi connectivity index (χ0) is 10.8. The van der Waals surface area contributed by atoms with E-state index in [0.29, 0.717) is 23.2 Å². The van der Waals surface area contributed by atoms with E-state index in [2.05, 4.69) is 20.2 Å². The van der Waals surface area contributed by atoms with E-state index in [1.807, 2.05) is 0 Å². The molecule has 6 nitrogen and oxygen atoms in total. The molecule has 0 aliphatic rings. The summed E-state index contributed by atoms with van der Waals surface area (Å²) in [6, 6.07) is 3.50. The summed E-state index contributed by atoms with van der Waals surface area (Å²) in [6.45, 7) is 0. The quantitative estimate of drug-likeness (QED) is 0.647. The minimum Gasteiger partial charge on any atom is -0.459 e. The lowest BCUT2D eigenvalue weighted by Crippen LogP contribution is -1.83. The third-order valence-electron chi connectivity index (χ3n) is 1.94. The predicted octanol–water partition coefficient (Wildman–Crippen LogP) is 1.79. The lowest BCUT2D eigenvalue weighted by molar-refractivity contribution is 0.522. The van der Waals surface area contributed by atoms with Crippen LogP contribution < -0.4 is 0 Å². The molecule has 0 fully saturated rings. The number of aromatic nitrogens is 4. The topological polar surface area (TPSA) is 77.8 Å². The molecule has 3 aromatic rings. The van der Waals surface area contributed by atoms with E-state index in [1.54, 1.807) is 37.0 Å². The highest BCUT2D eigenvalue weighted by Gasteiger charge is 2.12. The van der Waals surface area contributed by atoms with E-state index in [4.69, 9.17) is 8.83 Å². The average Bonchev–Trinajstić information content (AvgIpc) is 3.01. The molecule has 0 aliphatic heterocycles. The van der Waals surface area contributed by atoms with Crippen molar-refractivity contribution in [3.63, 3.8) is 0 Å². The largest absolute Gasteiger partial charge is 0.459 e. The van der Waals surface area contributed by atoms with Crippen LogP contribution in [0.15, 0.2) is 45.8 Å². The van der Waals surface area contributed by atoms with Crippen molar-refractivity contribution in [2.75, 3.05) is 0 Å². The molecular weight excluding hydrogens is 208 g/mol. The lowest BCUT2D eigenvalue weighted by atomic mass is 10.4. The second-order valence-corrected chi connectivity index (χ2v) is 2.98. The molecule has 0 amide bonds. The number of hydrogen-bond donors (Lipinski definition) is 0. The van der Waals surface area contributed by atoms with E-state index in [0.717, 1.165) is 0 Å². The summed E-state index contributed by atoms with van der Waals surface area (Å²) < 4.78 is 10.5. The highest BCUT2D eigenvalue weighted by atomic mass is 16.4. The summed E-state index contributed by atoms with van der Waals surface area (Å²) in [7, 11) is 0. The molecule has 3 aromatic heterocycles. The molecule has 0 unspecified atom stereocenters. The highest BCUT2D eigenvalue weighted by Crippen LogP contribution is 2.21. The van der Waals surface area contributed by atoms with Crippen molar-refractivity contribution in [2.24, 2.45) is 0 Å². The molecule has 0 aliphatic carbocycles. The van der Waals surface area contributed by atoms with E-state index in [-0.39, 0.29) is 0 Å². The summed E-state index contributed by atoms with van der Waals surface area (Å²) in [5, 5.41) is 7.72. The second-order valence-electron chi connectivity index (χ2n) is 2.98. The zero-order valence-corrected chi connectivity index (χ0v) is 8.07. The second kappa shape index (κ2) is 3.58.